The fourth-order valence-electron chi connectivity index (χ4n) is 3.02. The fourth-order valence-corrected chi connectivity index (χ4v) is 3.02. The smallest absolute Gasteiger partial charge is 0.0760 e. The predicted molar refractivity (Wildman–Crippen MR) is 42.9 cm³/mol. The van der Waals surface area contributed by atoms with Gasteiger partial charge < -0.3 is 5.11 Å². The van der Waals surface area contributed by atoms with Crippen LogP contribution in [0.15, 0.2) is 24.3 Å². The van der Waals surface area contributed by atoms with Gasteiger partial charge in [-0.05, 0) is 24.2 Å². The third-order valence-corrected chi connectivity index (χ3v) is 3.51. The standard InChI is InChI=1S/C10H12O/c11-9-4-3-8-6-1-2-7(5-6)10(8)9/h1-4,6-11H,5H2/t6-,7+,8?,9+,10?/m1/s1. The van der Waals surface area contributed by atoms with Crippen molar-refractivity contribution < 1.29 is 5.11 Å². The van der Waals surface area contributed by atoms with Crippen molar-refractivity contribution in [1.82, 2.24) is 0 Å². The van der Waals surface area contributed by atoms with Crippen molar-refractivity contribution in [2.45, 2.75) is 12.5 Å². The molecule has 3 aliphatic rings. The molecule has 2 bridgehead atoms. The highest BCUT2D eigenvalue weighted by molar-refractivity contribution is 5.24. The van der Waals surface area contributed by atoms with Gasteiger partial charge in [0, 0.05) is 5.92 Å². The largest absolute Gasteiger partial charge is 0.389 e. The highest BCUT2D eigenvalue weighted by Gasteiger charge is 2.48. The number of allylic oxidation sites excluding steroid dienone is 3. The van der Waals surface area contributed by atoms with Crippen LogP contribution in [0.5, 0.6) is 0 Å². The first-order valence-corrected chi connectivity index (χ1v) is 4.41. The molecule has 0 radical (unpaired) electrons. The van der Waals surface area contributed by atoms with E-state index in [1.807, 2.05) is 6.08 Å². The third kappa shape index (κ3) is 0.603. The Morgan fingerprint density at radius 3 is 2.64 bits per heavy atom. The lowest BCUT2D eigenvalue weighted by Crippen LogP contribution is -2.23. The molecule has 1 fully saturated rings. The Morgan fingerprint density at radius 2 is 1.82 bits per heavy atom. The van der Waals surface area contributed by atoms with Gasteiger partial charge in [-0.15, -0.1) is 0 Å². The van der Waals surface area contributed by atoms with Crippen LogP contribution in [0.2, 0.25) is 0 Å². The molecule has 0 aromatic heterocycles. The molecule has 0 saturated heterocycles. The van der Waals surface area contributed by atoms with Gasteiger partial charge in [-0.3, -0.25) is 0 Å². The van der Waals surface area contributed by atoms with Crippen molar-refractivity contribution in [3.8, 4) is 0 Å². The van der Waals surface area contributed by atoms with Gasteiger partial charge in [0.25, 0.3) is 0 Å². The van der Waals surface area contributed by atoms with E-state index in [1.54, 1.807) is 0 Å². The molecule has 0 aromatic carbocycles. The van der Waals surface area contributed by atoms with Crippen LogP contribution in [0, 0.1) is 23.7 Å². The summed E-state index contributed by atoms with van der Waals surface area (Å²) in [4.78, 5) is 0. The molecule has 5 atom stereocenters. The van der Waals surface area contributed by atoms with Gasteiger partial charge in [0.1, 0.15) is 0 Å². The number of hydrogen-bond donors (Lipinski definition) is 1. The first kappa shape index (κ1) is 6.01. The average Bonchev–Trinajstić information content (AvgIpc) is 2.60. The van der Waals surface area contributed by atoms with Crippen molar-refractivity contribution in [2.75, 3.05) is 0 Å². The molecule has 0 aliphatic heterocycles. The maximum absolute atomic E-state index is 9.60. The van der Waals surface area contributed by atoms with Gasteiger partial charge in [-0.1, -0.05) is 24.3 Å². The van der Waals surface area contributed by atoms with Crippen LogP contribution in [0.25, 0.3) is 0 Å². The summed E-state index contributed by atoms with van der Waals surface area (Å²) >= 11 is 0. The first-order chi connectivity index (χ1) is 5.36. The summed E-state index contributed by atoms with van der Waals surface area (Å²) in [5, 5.41) is 9.60. The zero-order valence-electron chi connectivity index (χ0n) is 6.35. The number of aliphatic hydroxyl groups excluding tert-OH is 1. The molecule has 0 amide bonds. The Balaban J connectivity index is 2.02. The molecule has 1 heteroatoms. The van der Waals surface area contributed by atoms with Gasteiger partial charge in [-0.25, -0.2) is 0 Å². The van der Waals surface area contributed by atoms with Gasteiger partial charge in [0.2, 0.25) is 0 Å². The Hall–Kier alpha value is -0.560. The maximum atomic E-state index is 9.60. The number of fused-ring (bicyclic) bond motifs is 5. The second kappa shape index (κ2) is 1.78. The van der Waals surface area contributed by atoms with Crippen LogP contribution in [0.3, 0.4) is 0 Å². The molecular weight excluding hydrogens is 136 g/mol. The minimum Gasteiger partial charge on any atom is -0.389 e. The van der Waals surface area contributed by atoms with Crippen molar-refractivity contribution in [3.05, 3.63) is 24.3 Å². The van der Waals surface area contributed by atoms with Crippen LogP contribution in [0.4, 0.5) is 0 Å². The molecule has 2 unspecified atom stereocenters. The van der Waals surface area contributed by atoms with E-state index in [-0.39, 0.29) is 6.10 Å². The zero-order valence-corrected chi connectivity index (χ0v) is 6.35. The lowest BCUT2D eigenvalue weighted by atomic mass is 9.84. The highest BCUT2D eigenvalue weighted by atomic mass is 16.3. The van der Waals surface area contributed by atoms with Crippen LogP contribution in [0.1, 0.15) is 6.42 Å². The van der Waals surface area contributed by atoms with E-state index in [0.717, 1.165) is 5.92 Å². The summed E-state index contributed by atoms with van der Waals surface area (Å²) in [5.41, 5.74) is 0. The second-order valence-electron chi connectivity index (χ2n) is 3.98. The quantitative estimate of drug-likeness (QED) is 0.514. The van der Waals surface area contributed by atoms with Crippen LogP contribution in [-0.2, 0) is 0 Å². The topological polar surface area (TPSA) is 20.2 Å². The molecule has 3 rings (SSSR count). The summed E-state index contributed by atoms with van der Waals surface area (Å²) in [7, 11) is 0. The Kier molecular flexibility index (Phi) is 0.972. The molecule has 3 aliphatic carbocycles. The van der Waals surface area contributed by atoms with E-state index in [1.165, 1.54) is 6.42 Å². The Morgan fingerprint density at radius 1 is 1.00 bits per heavy atom. The van der Waals surface area contributed by atoms with E-state index in [2.05, 4.69) is 18.2 Å². The molecular formula is C10H12O. The maximum Gasteiger partial charge on any atom is 0.0760 e. The summed E-state index contributed by atoms with van der Waals surface area (Å²) in [5.74, 6) is 2.62. The average molecular weight is 148 g/mol. The van der Waals surface area contributed by atoms with Gasteiger partial charge in [0.15, 0.2) is 0 Å². The molecule has 0 heterocycles. The van der Waals surface area contributed by atoms with E-state index < -0.39 is 0 Å². The predicted octanol–water partition coefficient (Wildman–Crippen LogP) is 1.36. The summed E-state index contributed by atoms with van der Waals surface area (Å²) in [6, 6.07) is 0. The molecule has 1 nitrogen and oxygen atoms in total. The van der Waals surface area contributed by atoms with Crippen molar-refractivity contribution in [3.63, 3.8) is 0 Å². The first-order valence-electron chi connectivity index (χ1n) is 4.41. The molecule has 0 spiro atoms. The lowest BCUT2D eigenvalue weighted by molar-refractivity contribution is 0.132. The minimum atomic E-state index is -0.153. The number of rotatable bonds is 0. The van der Waals surface area contributed by atoms with E-state index in [4.69, 9.17) is 0 Å². The minimum absolute atomic E-state index is 0.153. The summed E-state index contributed by atoms with van der Waals surface area (Å²) < 4.78 is 0. The van der Waals surface area contributed by atoms with Gasteiger partial charge in [0.05, 0.1) is 6.10 Å². The van der Waals surface area contributed by atoms with E-state index >= 15 is 0 Å². The van der Waals surface area contributed by atoms with Crippen LogP contribution < -0.4 is 0 Å². The molecule has 1 N–H and O–H groups in total. The Bertz CT molecular complexity index is 241. The van der Waals surface area contributed by atoms with Gasteiger partial charge in [-0.2, -0.15) is 0 Å². The SMILES string of the molecule is O[C@H]1C=CC2C1[C@H]1C=C[C@@H]2C1. The van der Waals surface area contributed by atoms with E-state index in [9.17, 15) is 5.11 Å². The Labute approximate surface area is 66.4 Å². The third-order valence-electron chi connectivity index (χ3n) is 3.51. The number of aliphatic hydroxyl groups is 1. The molecule has 0 aromatic rings. The number of hydrogen-bond acceptors (Lipinski definition) is 1. The molecule has 58 valence electrons. The zero-order chi connectivity index (χ0) is 7.42. The van der Waals surface area contributed by atoms with Crippen LogP contribution in [-0.4, -0.2) is 11.2 Å². The van der Waals surface area contributed by atoms with Crippen molar-refractivity contribution in [1.29, 1.82) is 0 Å². The summed E-state index contributed by atoms with van der Waals surface area (Å²) in [6.07, 6.45) is 9.94. The molecule has 1 saturated carbocycles. The lowest BCUT2D eigenvalue weighted by Gasteiger charge is -2.22. The highest BCUT2D eigenvalue weighted by Crippen LogP contribution is 2.52. The molecule has 11 heavy (non-hydrogen) atoms. The van der Waals surface area contributed by atoms with Crippen molar-refractivity contribution >= 4 is 0 Å². The van der Waals surface area contributed by atoms with E-state index in [0.29, 0.717) is 17.8 Å². The monoisotopic (exact) mass is 148 g/mol. The second-order valence-corrected chi connectivity index (χ2v) is 3.98. The fraction of sp³-hybridized carbons (Fsp3) is 0.600. The van der Waals surface area contributed by atoms with Gasteiger partial charge >= 0.3 is 0 Å². The van der Waals surface area contributed by atoms with Crippen LogP contribution >= 0.6 is 0 Å². The normalized spacial score (nSPS) is 57.4. The van der Waals surface area contributed by atoms with Crippen molar-refractivity contribution in [2.24, 2.45) is 23.7 Å². The summed E-state index contributed by atoms with van der Waals surface area (Å²) in [6.45, 7) is 0.